The predicted octanol–water partition coefficient (Wildman–Crippen LogP) is 6.02. The van der Waals surface area contributed by atoms with Crippen molar-refractivity contribution in [3.63, 3.8) is 0 Å². The molecule has 0 aliphatic rings. The topological polar surface area (TPSA) is 111 Å². The number of aryl methyl sites for hydroxylation is 1. The molecule has 0 spiro atoms. The van der Waals surface area contributed by atoms with Crippen LogP contribution in [0.4, 0.5) is 0 Å². The molecular formula is C32H54B2N4O6S2. The average Bonchev–Trinajstić information content (AvgIpc) is 3.67. The number of rotatable bonds is 22. The molecule has 0 saturated carbocycles. The van der Waals surface area contributed by atoms with Crippen molar-refractivity contribution in [3.8, 4) is 0 Å². The van der Waals surface area contributed by atoms with Crippen LogP contribution in [0.15, 0.2) is 10.8 Å². The first-order chi connectivity index (χ1) is 22.0. The third-order valence-corrected chi connectivity index (χ3v) is 9.35. The third kappa shape index (κ3) is 14.4. The molecule has 14 heteroatoms. The Kier molecular flexibility index (Phi) is 21.4. The molecule has 2 radical (unpaired) electrons. The van der Waals surface area contributed by atoms with Crippen LogP contribution in [0.3, 0.4) is 0 Å². The lowest BCUT2D eigenvalue weighted by Gasteiger charge is -2.35. The summed E-state index contributed by atoms with van der Waals surface area (Å²) in [5.74, 6) is 0.354. The minimum absolute atomic E-state index is 0.00416. The van der Waals surface area contributed by atoms with Gasteiger partial charge >= 0.3 is 5.97 Å². The van der Waals surface area contributed by atoms with Gasteiger partial charge in [-0.1, -0.05) is 34.6 Å². The van der Waals surface area contributed by atoms with Crippen molar-refractivity contribution < 1.29 is 28.6 Å². The molecule has 2 aromatic heterocycles. The molecule has 256 valence electrons. The second kappa shape index (κ2) is 23.4. The van der Waals surface area contributed by atoms with Gasteiger partial charge in [0.1, 0.15) is 22.2 Å². The van der Waals surface area contributed by atoms with Crippen molar-refractivity contribution in [1.29, 1.82) is 0 Å². The van der Waals surface area contributed by atoms with Gasteiger partial charge in [0.15, 0.2) is 5.69 Å². The van der Waals surface area contributed by atoms with E-state index < -0.39 is 5.97 Å². The number of thiazole rings is 2. The van der Waals surface area contributed by atoms with E-state index in [4.69, 9.17) is 14.2 Å². The highest BCUT2D eigenvalue weighted by Crippen LogP contribution is 2.31. The Hall–Kier alpha value is -1.96. The number of carbonyl (C=O) groups is 3. The molecule has 10 nitrogen and oxygen atoms in total. The van der Waals surface area contributed by atoms with Crippen LogP contribution >= 0.6 is 22.7 Å². The van der Waals surface area contributed by atoms with Crippen molar-refractivity contribution in [2.75, 3.05) is 33.4 Å². The second-order valence-corrected chi connectivity index (χ2v) is 13.4. The molecule has 2 rings (SSSR count). The number of nitrogens with zero attached hydrogens (tertiary/aromatic N) is 4. The SMILES string of the molecule is CCCN([B]C=O)[C@H](C[C@H](OCC)c1nc(C)cs1)C(C)C.CCOC(=O)c1csc([C@H](C[C@H](C(C)C)N(C)[B]C=O)OCC)n1. The lowest BCUT2D eigenvalue weighted by molar-refractivity contribution is 0.0340. The Bertz CT molecular complexity index is 1140. The summed E-state index contributed by atoms with van der Waals surface area (Å²) in [6.07, 6.45) is 3.99. The Morgan fingerprint density at radius 3 is 1.85 bits per heavy atom. The van der Waals surface area contributed by atoms with Gasteiger partial charge in [-0.05, 0) is 72.4 Å². The molecule has 0 aliphatic heterocycles. The smallest absolute Gasteiger partial charge is 0.357 e. The summed E-state index contributed by atoms with van der Waals surface area (Å²) < 4.78 is 16.8. The molecule has 0 aromatic carbocycles. The lowest BCUT2D eigenvalue weighted by atomic mass is 9.85. The fraction of sp³-hybridized carbons (Fsp3) is 0.719. The van der Waals surface area contributed by atoms with E-state index in [-0.39, 0.29) is 24.3 Å². The van der Waals surface area contributed by atoms with Gasteiger partial charge in [-0.3, -0.25) is 0 Å². The number of hydrogen-bond donors (Lipinski definition) is 0. The first-order valence-electron chi connectivity index (χ1n) is 16.3. The largest absolute Gasteiger partial charge is 0.461 e. The van der Waals surface area contributed by atoms with Gasteiger partial charge < -0.3 is 33.4 Å². The van der Waals surface area contributed by atoms with Gasteiger partial charge in [0.2, 0.25) is 0 Å². The Morgan fingerprint density at radius 1 is 0.848 bits per heavy atom. The maximum Gasteiger partial charge on any atom is 0.357 e. The van der Waals surface area contributed by atoms with Crippen molar-refractivity contribution in [1.82, 2.24) is 19.6 Å². The fourth-order valence-electron chi connectivity index (χ4n) is 5.17. The molecule has 0 aliphatic carbocycles. The van der Waals surface area contributed by atoms with Crippen molar-refractivity contribution in [2.24, 2.45) is 11.8 Å². The Morgan fingerprint density at radius 2 is 1.39 bits per heavy atom. The lowest BCUT2D eigenvalue weighted by Crippen LogP contribution is -2.43. The average molecular weight is 677 g/mol. The van der Waals surface area contributed by atoms with E-state index in [0.29, 0.717) is 43.8 Å². The minimum atomic E-state index is -0.415. The first-order valence-corrected chi connectivity index (χ1v) is 18.1. The highest BCUT2D eigenvalue weighted by atomic mass is 32.1. The Labute approximate surface area is 286 Å². The van der Waals surface area contributed by atoms with Crippen LogP contribution in [0.25, 0.3) is 0 Å². The van der Waals surface area contributed by atoms with E-state index in [2.05, 4.69) is 54.8 Å². The summed E-state index contributed by atoms with van der Waals surface area (Å²) >= 11 is 3.05. The molecular weight excluding hydrogens is 622 g/mol. The number of aromatic nitrogens is 2. The monoisotopic (exact) mass is 676 g/mol. The van der Waals surface area contributed by atoms with Crippen molar-refractivity contribution >= 4 is 55.8 Å². The normalized spacial score (nSPS) is 14.0. The maximum atomic E-state index is 11.8. The summed E-state index contributed by atoms with van der Waals surface area (Å²) in [5, 5.41) is 5.55. The highest BCUT2D eigenvalue weighted by molar-refractivity contribution is 7.10. The second-order valence-electron chi connectivity index (χ2n) is 11.6. The molecule has 0 saturated heterocycles. The molecule has 2 heterocycles. The molecule has 0 fully saturated rings. The number of carbonyl (C=O) groups excluding carboxylic acids is 3. The fourth-order valence-corrected chi connectivity index (χ4v) is 6.87. The van der Waals surface area contributed by atoms with E-state index in [1.807, 2.05) is 32.6 Å². The zero-order chi connectivity index (χ0) is 34.6. The highest BCUT2D eigenvalue weighted by Gasteiger charge is 2.29. The first kappa shape index (κ1) is 42.1. The number of esters is 1. The van der Waals surface area contributed by atoms with Crippen LogP contribution in [0.1, 0.15) is 113 Å². The number of ether oxygens (including phenoxy) is 3. The van der Waals surface area contributed by atoms with Gasteiger partial charge in [-0.25, -0.2) is 14.8 Å². The summed E-state index contributed by atoms with van der Waals surface area (Å²) in [7, 11) is 5.08. The van der Waals surface area contributed by atoms with E-state index in [0.717, 1.165) is 47.5 Å². The van der Waals surface area contributed by atoms with Gasteiger partial charge in [-0.2, -0.15) is 0 Å². The van der Waals surface area contributed by atoms with E-state index in [1.54, 1.807) is 31.1 Å². The van der Waals surface area contributed by atoms with Crippen LogP contribution in [-0.4, -0.2) is 98.3 Å². The van der Waals surface area contributed by atoms with Crippen LogP contribution in [-0.2, 0) is 23.8 Å². The van der Waals surface area contributed by atoms with Crippen LogP contribution in [0, 0.1) is 18.8 Å². The zero-order valence-corrected chi connectivity index (χ0v) is 31.1. The molecule has 0 bridgehead atoms. The molecule has 4 atom stereocenters. The van der Waals surface area contributed by atoms with Gasteiger partial charge in [0.25, 0.3) is 14.8 Å². The van der Waals surface area contributed by atoms with Gasteiger partial charge in [0.05, 0.1) is 19.0 Å². The summed E-state index contributed by atoms with van der Waals surface area (Å²) in [4.78, 5) is 46.6. The summed E-state index contributed by atoms with van der Waals surface area (Å²) in [5.41, 5.74) is 1.35. The van der Waals surface area contributed by atoms with Crippen molar-refractivity contribution in [3.05, 3.63) is 32.2 Å². The van der Waals surface area contributed by atoms with Gasteiger partial charge in [0, 0.05) is 41.8 Å². The standard InChI is InChI=1S/C16H26BN2O4S.C16H28BN2O2S/c1-6-22-14(8-13(11(3)4)19(5)17-10-20)15-18-12(9-24-15)16(21)23-7-2;1-6-8-19(17-11-20)14(12(3)4)9-15(21-7-2)16-18-13(5)10-22-16/h9-11,13-14H,6-8H2,1-5H3;10-12,14-15H,6-9H2,1-5H3/t13-,14+;14-,15+/m11/s1. The third-order valence-electron chi connectivity index (χ3n) is 7.36. The Balaban J connectivity index is 0.000000462. The molecule has 0 amide bonds. The van der Waals surface area contributed by atoms with Crippen molar-refractivity contribution in [2.45, 2.75) is 106 Å². The van der Waals surface area contributed by atoms with Crippen LogP contribution in [0.5, 0.6) is 0 Å². The zero-order valence-electron chi connectivity index (χ0n) is 29.4. The van der Waals surface area contributed by atoms with Gasteiger partial charge in [-0.15, -0.1) is 22.7 Å². The summed E-state index contributed by atoms with van der Waals surface area (Å²) in [6.45, 7) is 20.9. The molecule has 2 aromatic rings. The van der Waals surface area contributed by atoms with E-state index in [9.17, 15) is 14.4 Å². The van der Waals surface area contributed by atoms with E-state index >= 15 is 0 Å². The minimum Gasteiger partial charge on any atom is -0.461 e. The molecule has 0 unspecified atom stereocenters. The maximum absolute atomic E-state index is 11.8. The van der Waals surface area contributed by atoms with Crippen LogP contribution < -0.4 is 0 Å². The quantitative estimate of drug-likeness (QED) is 0.0835. The molecule has 46 heavy (non-hydrogen) atoms. The summed E-state index contributed by atoms with van der Waals surface area (Å²) in [6, 6.07) is 0.396. The van der Waals surface area contributed by atoms with E-state index in [1.165, 1.54) is 18.8 Å². The predicted molar refractivity (Wildman–Crippen MR) is 190 cm³/mol. The number of hydrogen-bond acceptors (Lipinski definition) is 12. The molecule has 0 N–H and O–H groups in total. The van der Waals surface area contributed by atoms with Crippen LogP contribution in [0.2, 0.25) is 0 Å².